The van der Waals surface area contributed by atoms with E-state index in [1.165, 1.54) is 48.9 Å². The Balaban J connectivity index is 2.21. The van der Waals surface area contributed by atoms with Crippen molar-refractivity contribution in [2.45, 2.75) is 51.4 Å². The van der Waals surface area contributed by atoms with Gasteiger partial charge >= 0.3 is 0 Å². The van der Waals surface area contributed by atoms with E-state index >= 15 is 0 Å². The van der Waals surface area contributed by atoms with Gasteiger partial charge in [-0.3, -0.25) is 0 Å². The molecule has 1 spiro atoms. The summed E-state index contributed by atoms with van der Waals surface area (Å²) in [7, 11) is 0. The van der Waals surface area contributed by atoms with Gasteiger partial charge in [-0.15, -0.1) is 0 Å². The first-order valence-electron chi connectivity index (χ1n) is 7.17. The quantitative estimate of drug-likeness (QED) is 0.694. The summed E-state index contributed by atoms with van der Waals surface area (Å²) in [6.45, 7) is 4.09. The number of hydrogen-bond donors (Lipinski definition) is 1. The molecule has 1 saturated carbocycles. The zero-order valence-electron chi connectivity index (χ0n) is 11.7. The predicted octanol–water partition coefficient (Wildman–Crippen LogP) is 4.42. The van der Waals surface area contributed by atoms with Gasteiger partial charge in [-0.2, -0.15) is 5.26 Å². The van der Waals surface area contributed by atoms with E-state index < -0.39 is 0 Å². The van der Waals surface area contributed by atoms with Gasteiger partial charge in [-0.1, -0.05) is 37.0 Å². The fraction of sp³-hybridized carbons (Fsp3) is 0.471. The molecule has 1 heterocycles. The second kappa shape index (κ2) is 4.42. The maximum absolute atomic E-state index is 9.29. The topological polar surface area (TPSA) is 35.8 Å². The average molecular weight is 252 g/mol. The highest BCUT2D eigenvalue weighted by Gasteiger charge is 2.44. The third-order valence-corrected chi connectivity index (χ3v) is 4.68. The maximum Gasteiger partial charge on any atom is 0.0962 e. The van der Waals surface area contributed by atoms with Crippen molar-refractivity contribution in [3.63, 3.8) is 0 Å². The van der Waals surface area contributed by atoms with Crippen LogP contribution in [0, 0.1) is 18.3 Å². The minimum atomic E-state index is 0.0828. The second-order valence-corrected chi connectivity index (χ2v) is 5.93. The third-order valence-electron chi connectivity index (χ3n) is 4.68. The van der Waals surface area contributed by atoms with Gasteiger partial charge in [-0.25, -0.2) is 0 Å². The Morgan fingerprint density at radius 1 is 1.26 bits per heavy atom. The van der Waals surface area contributed by atoms with Crippen LogP contribution in [0.3, 0.4) is 0 Å². The van der Waals surface area contributed by atoms with E-state index in [4.69, 9.17) is 0 Å². The average Bonchev–Trinajstić information content (AvgIpc) is 2.73. The van der Waals surface area contributed by atoms with Gasteiger partial charge in [-0.05, 0) is 38.3 Å². The van der Waals surface area contributed by atoms with Crippen LogP contribution in [-0.4, -0.2) is 0 Å². The molecule has 3 rings (SSSR count). The lowest BCUT2D eigenvalue weighted by molar-refractivity contribution is 0.349. The zero-order valence-corrected chi connectivity index (χ0v) is 11.7. The number of nitriles is 1. The van der Waals surface area contributed by atoms with Crippen LogP contribution >= 0.6 is 0 Å². The molecule has 0 amide bonds. The molecule has 0 unspecified atom stereocenters. The zero-order chi connectivity index (χ0) is 13.5. The number of rotatable bonds is 0. The monoisotopic (exact) mass is 252 g/mol. The van der Waals surface area contributed by atoms with Crippen molar-refractivity contribution in [1.82, 2.24) is 0 Å². The Kier molecular flexibility index (Phi) is 2.86. The third kappa shape index (κ3) is 1.76. The van der Waals surface area contributed by atoms with E-state index in [9.17, 15) is 5.26 Å². The number of nitrogens with zero attached hydrogens (tertiary/aromatic N) is 1. The number of hydrogen-bond acceptors (Lipinski definition) is 2. The molecule has 1 aromatic carbocycles. The molecule has 0 saturated heterocycles. The van der Waals surface area contributed by atoms with Crippen LogP contribution in [-0.2, 0) is 5.41 Å². The molecule has 0 aromatic heterocycles. The van der Waals surface area contributed by atoms with Crippen molar-refractivity contribution in [2.24, 2.45) is 0 Å². The van der Waals surface area contributed by atoms with Gasteiger partial charge in [0, 0.05) is 22.4 Å². The second-order valence-electron chi connectivity index (χ2n) is 5.93. The summed E-state index contributed by atoms with van der Waals surface area (Å²) < 4.78 is 0. The molecule has 19 heavy (non-hydrogen) atoms. The molecule has 2 nitrogen and oxygen atoms in total. The van der Waals surface area contributed by atoms with Gasteiger partial charge in [0.05, 0.1) is 6.07 Å². The molecule has 2 heteroatoms. The molecular weight excluding hydrogens is 232 g/mol. The lowest BCUT2D eigenvalue weighted by Gasteiger charge is -2.35. The Hall–Kier alpha value is -1.75. The number of fused-ring (bicyclic) bond motifs is 2. The van der Waals surface area contributed by atoms with Gasteiger partial charge < -0.3 is 5.32 Å². The standard InChI is InChI=1S/C17H20N2/c1-12-6-7-15-14(10-12)17(8-4-3-5-9-17)16(19-15)13(2)11-18/h6-7,10,19H,3-5,8-9H2,1-2H3/b16-13-. The minimum Gasteiger partial charge on any atom is -0.357 e. The van der Waals surface area contributed by atoms with Gasteiger partial charge in [0.1, 0.15) is 0 Å². The first-order valence-corrected chi connectivity index (χ1v) is 7.17. The SMILES string of the molecule is C/C(C#N)=C1/Nc2ccc(C)cc2C12CCCCC2. The van der Waals surface area contributed by atoms with Crippen LogP contribution in [0.2, 0.25) is 0 Å². The molecule has 1 aliphatic heterocycles. The van der Waals surface area contributed by atoms with Crippen LogP contribution < -0.4 is 5.32 Å². The molecule has 2 aliphatic rings. The molecule has 0 bridgehead atoms. The van der Waals surface area contributed by atoms with Crippen LogP contribution in [0.25, 0.3) is 0 Å². The van der Waals surface area contributed by atoms with E-state index in [-0.39, 0.29) is 5.41 Å². The Labute approximate surface area is 115 Å². The summed E-state index contributed by atoms with van der Waals surface area (Å²) in [6, 6.07) is 8.97. The van der Waals surface area contributed by atoms with E-state index in [2.05, 4.69) is 36.5 Å². The lowest BCUT2D eigenvalue weighted by Crippen LogP contribution is -2.30. The highest BCUT2D eigenvalue weighted by atomic mass is 15.0. The van der Waals surface area contributed by atoms with E-state index in [0.717, 1.165) is 11.3 Å². The summed E-state index contributed by atoms with van der Waals surface area (Å²) in [4.78, 5) is 0. The smallest absolute Gasteiger partial charge is 0.0962 e. The van der Waals surface area contributed by atoms with Crippen molar-refractivity contribution in [2.75, 3.05) is 5.32 Å². The highest BCUT2D eigenvalue weighted by Crippen LogP contribution is 2.53. The fourth-order valence-electron chi connectivity index (χ4n) is 3.74. The molecular formula is C17H20N2. The van der Waals surface area contributed by atoms with Crippen molar-refractivity contribution < 1.29 is 0 Å². The Morgan fingerprint density at radius 3 is 2.68 bits per heavy atom. The molecule has 1 aromatic rings. The molecule has 1 fully saturated rings. The van der Waals surface area contributed by atoms with Crippen LogP contribution in [0.15, 0.2) is 29.5 Å². The van der Waals surface area contributed by atoms with Crippen LogP contribution in [0.1, 0.15) is 50.2 Å². The molecule has 1 aliphatic carbocycles. The number of anilines is 1. The summed E-state index contributed by atoms with van der Waals surface area (Å²) in [5, 5.41) is 12.8. The summed E-state index contributed by atoms with van der Waals surface area (Å²) >= 11 is 0. The largest absolute Gasteiger partial charge is 0.357 e. The van der Waals surface area contributed by atoms with E-state index in [1.807, 2.05) is 6.92 Å². The van der Waals surface area contributed by atoms with Gasteiger partial charge in [0.25, 0.3) is 0 Å². The summed E-state index contributed by atoms with van der Waals surface area (Å²) in [5.41, 5.74) is 6.01. The first kappa shape index (κ1) is 12.3. The number of aryl methyl sites for hydroxylation is 1. The van der Waals surface area contributed by atoms with Crippen molar-refractivity contribution in [3.8, 4) is 6.07 Å². The fourth-order valence-corrected chi connectivity index (χ4v) is 3.74. The summed E-state index contributed by atoms with van der Waals surface area (Å²) in [6.07, 6.45) is 6.19. The summed E-state index contributed by atoms with van der Waals surface area (Å²) in [5.74, 6) is 0. The van der Waals surface area contributed by atoms with E-state index in [0.29, 0.717) is 0 Å². The molecule has 0 radical (unpaired) electrons. The number of allylic oxidation sites excluding steroid dienone is 2. The van der Waals surface area contributed by atoms with Gasteiger partial charge in [0.2, 0.25) is 0 Å². The Morgan fingerprint density at radius 2 is 2.00 bits per heavy atom. The van der Waals surface area contributed by atoms with Crippen molar-refractivity contribution in [1.29, 1.82) is 5.26 Å². The predicted molar refractivity (Wildman–Crippen MR) is 77.9 cm³/mol. The van der Waals surface area contributed by atoms with Crippen molar-refractivity contribution in [3.05, 3.63) is 40.6 Å². The molecule has 98 valence electrons. The number of nitrogens with one attached hydrogen (secondary N) is 1. The molecule has 0 atom stereocenters. The highest BCUT2D eigenvalue weighted by molar-refractivity contribution is 5.70. The lowest BCUT2D eigenvalue weighted by atomic mass is 9.68. The van der Waals surface area contributed by atoms with Crippen LogP contribution in [0.5, 0.6) is 0 Å². The molecule has 1 N–H and O–H groups in total. The van der Waals surface area contributed by atoms with E-state index in [1.54, 1.807) is 0 Å². The number of benzene rings is 1. The van der Waals surface area contributed by atoms with Crippen LogP contribution in [0.4, 0.5) is 5.69 Å². The van der Waals surface area contributed by atoms with Gasteiger partial charge in [0.15, 0.2) is 0 Å². The maximum atomic E-state index is 9.29. The first-order chi connectivity index (χ1) is 9.17. The Bertz CT molecular complexity index is 584. The minimum absolute atomic E-state index is 0.0828. The normalized spacial score (nSPS) is 22.6. The van der Waals surface area contributed by atoms with Crippen molar-refractivity contribution >= 4 is 5.69 Å².